The van der Waals surface area contributed by atoms with E-state index >= 15 is 0 Å². The van der Waals surface area contributed by atoms with Gasteiger partial charge in [0.1, 0.15) is 0 Å². The van der Waals surface area contributed by atoms with Crippen LogP contribution in [0.3, 0.4) is 0 Å². The Morgan fingerprint density at radius 2 is 1.83 bits per heavy atom. The van der Waals surface area contributed by atoms with E-state index in [0.717, 1.165) is 0 Å². The zero-order valence-electron chi connectivity index (χ0n) is 10.6. The molecule has 1 atom stereocenters. The maximum absolute atomic E-state index is 11.9. The molecule has 0 aromatic carbocycles. The number of halogens is 3. The van der Waals surface area contributed by atoms with Gasteiger partial charge in [-0.1, -0.05) is 13.8 Å². The molecule has 0 amide bonds. The number of rotatable bonds is 8. The second-order valence-corrected chi connectivity index (χ2v) is 6.59. The molecule has 18 heavy (non-hydrogen) atoms. The topological polar surface area (TPSA) is 72.2 Å². The molecule has 0 saturated heterocycles. The van der Waals surface area contributed by atoms with Crippen molar-refractivity contribution in [2.75, 3.05) is 12.3 Å². The van der Waals surface area contributed by atoms with Crippen molar-refractivity contribution in [1.29, 1.82) is 0 Å². The van der Waals surface area contributed by atoms with Gasteiger partial charge in [0.2, 0.25) is 10.0 Å². The first kappa shape index (κ1) is 17.7. The summed E-state index contributed by atoms with van der Waals surface area (Å²) in [6, 6.07) is -0.416. The fourth-order valence-electron chi connectivity index (χ4n) is 1.54. The van der Waals surface area contributed by atoms with E-state index in [2.05, 4.69) is 4.72 Å². The van der Waals surface area contributed by atoms with Gasteiger partial charge in [-0.3, -0.25) is 0 Å². The van der Waals surface area contributed by atoms with Crippen molar-refractivity contribution in [3.05, 3.63) is 0 Å². The molecule has 0 spiro atoms. The standard InChI is InChI=1S/C10H21F3N2O2S/c1-8(2)6-9(7-14)15-18(16,17)5-3-4-10(11,12)13/h8-9,15H,3-7,14H2,1-2H3. The molecule has 0 aliphatic rings. The number of hydrogen-bond acceptors (Lipinski definition) is 3. The Morgan fingerprint density at radius 1 is 1.28 bits per heavy atom. The summed E-state index contributed by atoms with van der Waals surface area (Å²) < 4.78 is 61.1. The van der Waals surface area contributed by atoms with Crippen LogP contribution in [0.5, 0.6) is 0 Å². The summed E-state index contributed by atoms with van der Waals surface area (Å²) in [7, 11) is -3.69. The maximum Gasteiger partial charge on any atom is 0.389 e. The summed E-state index contributed by atoms with van der Waals surface area (Å²) in [5, 5.41) is 0. The first-order chi connectivity index (χ1) is 8.06. The first-order valence-corrected chi connectivity index (χ1v) is 7.48. The number of hydrogen-bond donors (Lipinski definition) is 2. The fourth-order valence-corrected chi connectivity index (χ4v) is 2.88. The zero-order valence-corrected chi connectivity index (χ0v) is 11.4. The molecule has 0 radical (unpaired) electrons. The molecular weight excluding hydrogens is 269 g/mol. The second-order valence-electron chi connectivity index (χ2n) is 4.72. The Bertz CT molecular complexity index is 329. The summed E-state index contributed by atoms with van der Waals surface area (Å²) in [4.78, 5) is 0. The lowest BCUT2D eigenvalue weighted by Crippen LogP contribution is -2.42. The highest BCUT2D eigenvalue weighted by Crippen LogP contribution is 2.21. The van der Waals surface area contributed by atoms with Gasteiger partial charge in [-0.15, -0.1) is 0 Å². The third-order valence-corrected chi connectivity index (χ3v) is 3.78. The van der Waals surface area contributed by atoms with Gasteiger partial charge in [-0.2, -0.15) is 13.2 Å². The summed E-state index contributed by atoms with van der Waals surface area (Å²) in [6.07, 6.45) is -5.28. The molecule has 0 aromatic rings. The van der Waals surface area contributed by atoms with Crippen molar-refractivity contribution in [3.63, 3.8) is 0 Å². The lowest BCUT2D eigenvalue weighted by molar-refractivity contribution is -0.134. The van der Waals surface area contributed by atoms with E-state index in [9.17, 15) is 21.6 Å². The fraction of sp³-hybridized carbons (Fsp3) is 1.00. The summed E-state index contributed by atoms with van der Waals surface area (Å²) >= 11 is 0. The van der Waals surface area contributed by atoms with Crippen LogP contribution in [0.25, 0.3) is 0 Å². The van der Waals surface area contributed by atoms with Crippen molar-refractivity contribution in [2.45, 2.75) is 45.3 Å². The monoisotopic (exact) mass is 290 g/mol. The van der Waals surface area contributed by atoms with E-state index in [1.807, 2.05) is 13.8 Å². The summed E-state index contributed by atoms with van der Waals surface area (Å²) in [5.41, 5.74) is 5.42. The molecule has 3 N–H and O–H groups in total. The Kier molecular flexibility index (Phi) is 7.16. The van der Waals surface area contributed by atoms with Crippen molar-refractivity contribution in [3.8, 4) is 0 Å². The van der Waals surface area contributed by atoms with Gasteiger partial charge in [-0.05, 0) is 18.8 Å². The van der Waals surface area contributed by atoms with Gasteiger partial charge in [0.05, 0.1) is 5.75 Å². The van der Waals surface area contributed by atoms with E-state index in [-0.39, 0.29) is 12.5 Å². The Labute approximate surface area is 106 Å². The van der Waals surface area contributed by atoms with Crippen LogP contribution in [0.2, 0.25) is 0 Å². The summed E-state index contributed by atoms with van der Waals surface area (Å²) in [5.74, 6) is -0.266. The number of nitrogens with two attached hydrogens (primary N) is 1. The number of sulfonamides is 1. The van der Waals surface area contributed by atoms with Crippen LogP contribution in [-0.4, -0.2) is 32.9 Å². The normalized spacial score (nSPS) is 15.1. The Hall–Kier alpha value is -0.340. The molecule has 8 heteroatoms. The number of nitrogens with one attached hydrogen (secondary N) is 1. The Balaban J connectivity index is 4.21. The minimum Gasteiger partial charge on any atom is -0.329 e. The third kappa shape index (κ3) is 9.67. The lowest BCUT2D eigenvalue weighted by Gasteiger charge is -2.18. The molecule has 0 saturated carbocycles. The molecular formula is C10H21F3N2O2S. The predicted molar refractivity (Wildman–Crippen MR) is 64.5 cm³/mol. The van der Waals surface area contributed by atoms with Gasteiger partial charge < -0.3 is 5.73 Å². The predicted octanol–water partition coefficient (Wildman–Crippen LogP) is 1.62. The molecule has 110 valence electrons. The van der Waals surface area contributed by atoms with Crippen LogP contribution in [0.1, 0.15) is 33.1 Å². The van der Waals surface area contributed by atoms with E-state index in [1.165, 1.54) is 0 Å². The molecule has 0 rings (SSSR count). The van der Waals surface area contributed by atoms with E-state index < -0.39 is 40.8 Å². The zero-order chi connectivity index (χ0) is 14.4. The third-order valence-electron chi connectivity index (χ3n) is 2.26. The first-order valence-electron chi connectivity index (χ1n) is 5.82. The molecule has 0 heterocycles. The SMILES string of the molecule is CC(C)CC(CN)NS(=O)(=O)CCCC(F)(F)F. The van der Waals surface area contributed by atoms with Gasteiger partial charge in [-0.25, -0.2) is 13.1 Å². The highest BCUT2D eigenvalue weighted by atomic mass is 32.2. The maximum atomic E-state index is 11.9. The van der Waals surface area contributed by atoms with Crippen LogP contribution in [0.15, 0.2) is 0 Å². The molecule has 0 fully saturated rings. The van der Waals surface area contributed by atoms with Crippen molar-refractivity contribution in [1.82, 2.24) is 4.72 Å². The summed E-state index contributed by atoms with van der Waals surface area (Å²) in [6.45, 7) is 3.97. The average molecular weight is 290 g/mol. The van der Waals surface area contributed by atoms with Crippen LogP contribution in [0, 0.1) is 5.92 Å². The smallest absolute Gasteiger partial charge is 0.329 e. The van der Waals surface area contributed by atoms with E-state index in [4.69, 9.17) is 5.73 Å². The highest BCUT2D eigenvalue weighted by molar-refractivity contribution is 7.89. The van der Waals surface area contributed by atoms with E-state index in [1.54, 1.807) is 0 Å². The van der Waals surface area contributed by atoms with Gasteiger partial charge in [0.25, 0.3) is 0 Å². The largest absolute Gasteiger partial charge is 0.389 e. The van der Waals surface area contributed by atoms with Crippen molar-refractivity contribution < 1.29 is 21.6 Å². The number of alkyl halides is 3. The quantitative estimate of drug-likeness (QED) is 0.713. The molecule has 4 nitrogen and oxygen atoms in total. The van der Waals surface area contributed by atoms with Crippen LogP contribution in [0.4, 0.5) is 13.2 Å². The van der Waals surface area contributed by atoms with Gasteiger partial charge in [0.15, 0.2) is 0 Å². The van der Waals surface area contributed by atoms with Crippen LogP contribution < -0.4 is 10.5 Å². The highest BCUT2D eigenvalue weighted by Gasteiger charge is 2.27. The average Bonchev–Trinajstić information content (AvgIpc) is 2.12. The van der Waals surface area contributed by atoms with Gasteiger partial charge >= 0.3 is 6.18 Å². The molecule has 1 unspecified atom stereocenters. The van der Waals surface area contributed by atoms with E-state index in [0.29, 0.717) is 6.42 Å². The minimum atomic E-state index is -4.32. The van der Waals surface area contributed by atoms with Crippen LogP contribution >= 0.6 is 0 Å². The molecule has 0 aliphatic carbocycles. The second kappa shape index (κ2) is 7.30. The molecule has 0 aromatic heterocycles. The molecule has 0 bridgehead atoms. The van der Waals surface area contributed by atoms with Gasteiger partial charge in [0, 0.05) is 19.0 Å². The van der Waals surface area contributed by atoms with Crippen molar-refractivity contribution in [2.24, 2.45) is 11.7 Å². The van der Waals surface area contributed by atoms with Crippen molar-refractivity contribution >= 4 is 10.0 Å². The lowest BCUT2D eigenvalue weighted by atomic mass is 10.1. The van der Waals surface area contributed by atoms with Crippen LogP contribution in [-0.2, 0) is 10.0 Å². The Morgan fingerprint density at radius 3 is 2.22 bits per heavy atom. The molecule has 0 aliphatic heterocycles. The minimum absolute atomic E-state index is 0.136.